The topological polar surface area (TPSA) is 84.2 Å². The number of carbonyl (C=O) groups is 1. The number of aliphatic hydroxyl groups excluding tert-OH is 1. The van der Waals surface area contributed by atoms with Gasteiger partial charge in [0.2, 0.25) is 0 Å². The molecule has 1 aromatic heterocycles. The van der Waals surface area contributed by atoms with E-state index in [0.29, 0.717) is 24.3 Å². The second kappa shape index (κ2) is 9.65. The highest BCUT2D eigenvalue weighted by Gasteiger charge is 2.42. The zero-order valence-electron chi connectivity index (χ0n) is 19.7. The van der Waals surface area contributed by atoms with Crippen molar-refractivity contribution in [2.24, 2.45) is 0 Å². The zero-order chi connectivity index (χ0) is 22.8. The summed E-state index contributed by atoms with van der Waals surface area (Å²) in [6.07, 6.45) is 7.61. The van der Waals surface area contributed by atoms with Gasteiger partial charge in [-0.1, -0.05) is 12.8 Å². The Morgan fingerprint density at radius 1 is 1.18 bits per heavy atom. The smallest absolute Gasteiger partial charge is 0.287 e. The molecule has 2 aromatic rings. The van der Waals surface area contributed by atoms with Crippen molar-refractivity contribution in [1.29, 1.82) is 0 Å². The molecule has 7 heteroatoms. The molecule has 3 heterocycles. The second-order valence-electron chi connectivity index (χ2n) is 9.89. The SMILES string of the molecule is Cc1c(C(=O)NCCCN2CCOCC2)oc2ccc3c(c12)C(O)CC1(CCCCCC1)O3. The number of morpholine rings is 1. The normalized spacial score (nSPS) is 23.2. The molecule has 180 valence electrons. The van der Waals surface area contributed by atoms with E-state index in [-0.39, 0.29) is 11.5 Å². The minimum absolute atomic E-state index is 0.203. The zero-order valence-corrected chi connectivity index (χ0v) is 19.7. The van der Waals surface area contributed by atoms with Crippen LogP contribution in [0.3, 0.4) is 0 Å². The lowest BCUT2D eigenvalue weighted by molar-refractivity contribution is -0.0236. The maximum Gasteiger partial charge on any atom is 0.287 e. The van der Waals surface area contributed by atoms with E-state index in [1.807, 2.05) is 19.1 Å². The number of benzene rings is 1. The van der Waals surface area contributed by atoms with Crippen molar-refractivity contribution in [2.45, 2.75) is 70.0 Å². The van der Waals surface area contributed by atoms with Gasteiger partial charge in [0.15, 0.2) is 5.76 Å². The third-order valence-electron chi connectivity index (χ3n) is 7.58. The van der Waals surface area contributed by atoms with E-state index in [2.05, 4.69) is 10.2 Å². The number of hydrogen-bond donors (Lipinski definition) is 2. The van der Waals surface area contributed by atoms with Crippen molar-refractivity contribution in [1.82, 2.24) is 10.2 Å². The van der Waals surface area contributed by atoms with Crippen LogP contribution >= 0.6 is 0 Å². The molecule has 3 aliphatic rings. The Morgan fingerprint density at radius 2 is 1.94 bits per heavy atom. The van der Waals surface area contributed by atoms with Crippen LogP contribution in [0.1, 0.15) is 79.2 Å². The highest BCUT2D eigenvalue weighted by Crippen LogP contribution is 2.49. The molecule has 1 aromatic carbocycles. The van der Waals surface area contributed by atoms with Gasteiger partial charge in [0, 0.05) is 42.6 Å². The molecule has 0 radical (unpaired) electrons. The first-order valence-electron chi connectivity index (χ1n) is 12.6. The van der Waals surface area contributed by atoms with E-state index in [9.17, 15) is 9.90 Å². The molecule has 1 spiro atoms. The summed E-state index contributed by atoms with van der Waals surface area (Å²) >= 11 is 0. The first-order valence-corrected chi connectivity index (χ1v) is 12.6. The molecule has 1 atom stereocenters. The maximum atomic E-state index is 12.9. The summed E-state index contributed by atoms with van der Waals surface area (Å²) in [4.78, 5) is 15.2. The van der Waals surface area contributed by atoms with Crippen LogP contribution in [0.2, 0.25) is 0 Å². The summed E-state index contributed by atoms with van der Waals surface area (Å²) in [5.41, 5.74) is 1.90. The highest BCUT2D eigenvalue weighted by molar-refractivity contribution is 6.00. The van der Waals surface area contributed by atoms with Gasteiger partial charge in [-0.05, 0) is 57.7 Å². The molecule has 1 aliphatic carbocycles. The minimum atomic E-state index is -0.615. The number of carbonyl (C=O) groups excluding carboxylic acids is 1. The monoisotopic (exact) mass is 456 g/mol. The van der Waals surface area contributed by atoms with Crippen LogP contribution in [-0.4, -0.2) is 60.9 Å². The Morgan fingerprint density at radius 3 is 2.70 bits per heavy atom. The third kappa shape index (κ3) is 4.63. The molecule has 1 unspecified atom stereocenters. The van der Waals surface area contributed by atoms with E-state index in [0.717, 1.165) is 87.2 Å². The third-order valence-corrected chi connectivity index (χ3v) is 7.58. The van der Waals surface area contributed by atoms with Crippen molar-refractivity contribution in [2.75, 3.05) is 39.4 Å². The summed E-state index contributed by atoms with van der Waals surface area (Å²) in [7, 11) is 0. The molecule has 1 saturated heterocycles. The number of hydrogen-bond acceptors (Lipinski definition) is 6. The molecule has 5 rings (SSSR count). The van der Waals surface area contributed by atoms with Crippen molar-refractivity contribution >= 4 is 16.9 Å². The van der Waals surface area contributed by atoms with E-state index in [1.165, 1.54) is 12.8 Å². The van der Waals surface area contributed by atoms with Gasteiger partial charge >= 0.3 is 0 Å². The minimum Gasteiger partial charge on any atom is -0.487 e. The number of aryl methyl sites for hydroxylation is 1. The van der Waals surface area contributed by atoms with Gasteiger partial charge in [0.1, 0.15) is 16.9 Å². The Bertz CT molecular complexity index is 986. The largest absolute Gasteiger partial charge is 0.487 e. The summed E-state index contributed by atoms with van der Waals surface area (Å²) in [6, 6.07) is 3.78. The van der Waals surface area contributed by atoms with Crippen LogP contribution < -0.4 is 10.1 Å². The Hall–Kier alpha value is -2.09. The fourth-order valence-electron chi connectivity index (χ4n) is 5.81. The first-order chi connectivity index (χ1) is 16.1. The molecule has 2 N–H and O–H groups in total. The number of nitrogens with one attached hydrogen (secondary N) is 1. The summed E-state index contributed by atoms with van der Waals surface area (Å²) < 4.78 is 17.9. The van der Waals surface area contributed by atoms with Gasteiger partial charge in [-0.25, -0.2) is 0 Å². The summed E-state index contributed by atoms with van der Waals surface area (Å²) in [6.45, 7) is 6.91. The lowest BCUT2D eigenvalue weighted by atomic mass is 9.82. The van der Waals surface area contributed by atoms with Crippen LogP contribution in [0, 0.1) is 6.92 Å². The molecule has 2 aliphatic heterocycles. The first kappa shape index (κ1) is 22.7. The van der Waals surface area contributed by atoms with Gasteiger partial charge < -0.3 is 24.3 Å². The number of fused-ring (bicyclic) bond motifs is 3. The van der Waals surface area contributed by atoms with E-state index in [1.54, 1.807) is 0 Å². The fourth-order valence-corrected chi connectivity index (χ4v) is 5.81. The highest BCUT2D eigenvalue weighted by atomic mass is 16.5. The van der Waals surface area contributed by atoms with Crippen LogP contribution in [0.15, 0.2) is 16.5 Å². The average Bonchev–Trinajstić information content (AvgIpc) is 3.00. The fraction of sp³-hybridized carbons (Fsp3) is 0.654. The quantitative estimate of drug-likeness (QED) is 0.659. The van der Waals surface area contributed by atoms with Crippen molar-refractivity contribution in [3.05, 3.63) is 29.0 Å². The van der Waals surface area contributed by atoms with Gasteiger partial charge in [-0.15, -0.1) is 0 Å². The number of nitrogens with zero attached hydrogens (tertiary/aromatic N) is 1. The van der Waals surface area contributed by atoms with E-state index in [4.69, 9.17) is 13.9 Å². The van der Waals surface area contributed by atoms with Gasteiger partial charge in [0.05, 0.1) is 19.3 Å². The molecule has 2 fully saturated rings. The standard InChI is InChI=1S/C26H36N2O5/c1-18-22-20(32-24(18)25(30)27-11-6-12-28-13-15-31-16-14-28)7-8-21-23(22)19(29)17-26(33-21)9-4-2-3-5-10-26/h7-8,19,29H,2-6,9-17H2,1H3,(H,27,30). The molecular formula is C26H36N2O5. The lowest BCUT2D eigenvalue weighted by Gasteiger charge is -2.40. The molecule has 7 nitrogen and oxygen atoms in total. The van der Waals surface area contributed by atoms with E-state index < -0.39 is 6.10 Å². The van der Waals surface area contributed by atoms with Crippen LogP contribution in [0.4, 0.5) is 0 Å². The molecule has 0 bridgehead atoms. The van der Waals surface area contributed by atoms with Crippen molar-refractivity contribution in [3.63, 3.8) is 0 Å². The molecule has 33 heavy (non-hydrogen) atoms. The summed E-state index contributed by atoms with van der Waals surface area (Å²) in [5, 5.41) is 15.0. The van der Waals surface area contributed by atoms with Crippen LogP contribution in [-0.2, 0) is 4.74 Å². The molecular weight excluding hydrogens is 420 g/mol. The number of furan rings is 1. The second-order valence-corrected chi connectivity index (χ2v) is 9.89. The van der Waals surface area contributed by atoms with Crippen molar-refractivity contribution in [3.8, 4) is 5.75 Å². The van der Waals surface area contributed by atoms with Crippen LogP contribution in [0.5, 0.6) is 5.75 Å². The number of aliphatic hydroxyl groups is 1. The van der Waals surface area contributed by atoms with Gasteiger partial charge in [0.25, 0.3) is 5.91 Å². The molecule has 1 amide bonds. The van der Waals surface area contributed by atoms with Gasteiger partial charge in [-0.3, -0.25) is 9.69 Å². The lowest BCUT2D eigenvalue weighted by Crippen LogP contribution is -2.40. The Kier molecular flexibility index (Phi) is 6.63. The Labute approximate surface area is 195 Å². The number of rotatable bonds is 5. The predicted octanol–water partition coefficient (Wildman–Crippen LogP) is 4.10. The maximum absolute atomic E-state index is 12.9. The van der Waals surface area contributed by atoms with Crippen LogP contribution in [0.25, 0.3) is 11.0 Å². The van der Waals surface area contributed by atoms with E-state index >= 15 is 0 Å². The molecule has 1 saturated carbocycles. The number of amides is 1. The predicted molar refractivity (Wildman–Crippen MR) is 126 cm³/mol. The average molecular weight is 457 g/mol. The van der Waals surface area contributed by atoms with Gasteiger partial charge in [-0.2, -0.15) is 0 Å². The summed E-state index contributed by atoms with van der Waals surface area (Å²) in [5.74, 6) is 0.863. The van der Waals surface area contributed by atoms with Crippen molar-refractivity contribution < 1.29 is 23.8 Å². The number of ether oxygens (including phenoxy) is 2. The Balaban J connectivity index is 1.31.